The minimum absolute atomic E-state index is 0.0161. The minimum atomic E-state index is -0.564. The highest BCUT2D eigenvalue weighted by molar-refractivity contribution is 6.30. The summed E-state index contributed by atoms with van der Waals surface area (Å²) in [6.45, 7) is 0.198. The van der Waals surface area contributed by atoms with Crippen molar-refractivity contribution in [2.24, 2.45) is 11.5 Å². The average Bonchev–Trinajstić information content (AvgIpc) is 2.10. The summed E-state index contributed by atoms with van der Waals surface area (Å²) in [5.74, 6) is -0.564. The van der Waals surface area contributed by atoms with Gasteiger partial charge in [0.25, 0.3) is 0 Å². The van der Waals surface area contributed by atoms with Crippen LogP contribution in [0.3, 0.4) is 0 Å². The fourth-order valence-corrected chi connectivity index (χ4v) is 1.25. The number of benzene rings is 1. The number of halogens is 2. The molecule has 0 aromatic heterocycles. The van der Waals surface area contributed by atoms with Crippen LogP contribution in [0.25, 0.3) is 0 Å². The zero-order valence-corrected chi connectivity index (χ0v) is 7.68. The Morgan fingerprint density at radius 3 is 2.62 bits per heavy atom. The molecule has 1 aromatic carbocycles. The van der Waals surface area contributed by atoms with E-state index >= 15 is 0 Å². The van der Waals surface area contributed by atoms with Crippen LogP contribution in [0.15, 0.2) is 12.1 Å². The minimum Gasteiger partial charge on any atom is -0.396 e. The van der Waals surface area contributed by atoms with Crippen LogP contribution >= 0.6 is 11.6 Å². The molecule has 0 unspecified atom stereocenters. The van der Waals surface area contributed by atoms with Crippen molar-refractivity contribution in [3.05, 3.63) is 28.5 Å². The van der Waals surface area contributed by atoms with E-state index in [2.05, 4.69) is 0 Å². The van der Waals surface area contributed by atoms with Crippen LogP contribution in [0.1, 0.15) is 11.6 Å². The maximum atomic E-state index is 13.0. The topological polar surface area (TPSA) is 78.1 Å². The zero-order valence-electron chi connectivity index (χ0n) is 6.93. The first-order chi connectivity index (χ1) is 6.06. The van der Waals surface area contributed by atoms with Crippen molar-refractivity contribution in [1.82, 2.24) is 0 Å². The quantitative estimate of drug-likeness (QED) is 0.628. The predicted molar refractivity (Wildman–Crippen MR) is 51.8 cm³/mol. The third-order valence-corrected chi connectivity index (χ3v) is 2.00. The lowest BCUT2D eigenvalue weighted by atomic mass is 10.1. The van der Waals surface area contributed by atoms with Gasteiger partial charge in [-0.1, -0.05) is 11.6 Å². The summed E-state index contributed by atoms with van der Waals surface area (Å²) in [7, 11) is 0. The largest absolute Gasteiger partial charge is 0.396 e. The van der Waals surface area contributed by atoms with E-state index in [1.807, 2.05) is 0 Å². The molecule has 0 aliphatic carbocycles. The third-order valence-electron chi connectivity index (χ3n) is 1.78. The van der Waals surface area contributed by atoms with E-state index in [9.17, 15) is 4.39 Å². The molecule has 0 spiro atoms. The molecule has 0 saturated carbocycles. The summed E-state index contributed by atoms with van der Waals surface area (Å²) in [5.41, 5.74) is 16.9. The second-order valence-corrected chi connectivity index (χ2v) is 3.17. The van der Waals surface area contributed by atoms with Gasteiger partial charge in [-0.3, -0.25) is 0 Å². The van der Waals surface area contributed by atoms with Gasteiger partial charge in [0.1, 0.15) is 5.82 Å². The monoisotopic (exact) mass is 203 g/mol. The van der Waals surface area contributed by atoms with Crippen LogP contribution in [0.2, 0.25) is 5.02 Å². The van der Waals surface area contributed by atoms with Gasteiger partial charge in [0.2, 0.25) is 0 Å². The van der Waals surface area contributed by atoms with Crippen molar-refractivity contribution in [3.63, 3.8) is 0 Å². The molecule has 0 fully saturated rings. The number of anilines is 1. The highest BCUT2D eigenvalue weighted by atomic mass is 35.5. The highest BCUT2D eigenvalue weighted by Crippen LogP contribution is 2.25. The van der Waals surface area contributed by atoms with E-state index in [4.69, 9.17) is 28.8 Å². The molecule has 0 bridgehead atoms. The summed E-state index contributed by atoms with van der Waals surface area (Å²) in [6.07, 6.45) is 0. The van der Waals surface area contributed by atoms with E-state index in [0.717, 1.165) is 6.07 Å². The Morgan fingerprint density at radius 1 is 1.46 bits per heavy atom. The fourth-order valence-electron chi connectivity index (χ4n) is 1.04. The standard InChI is InChI=1S/C8H11ClFN3/c9-4-1-5(7(12)3-11)8(13)6(10)2-4/h1-2,7H,3,11-13H2/t7-/m1/s1. The third kappa shape index (κ3) is 2.09. The molecule has 1 rings (SSSR count). The number of hydrogen-bond acceptors (Lipinski definition) is 3. The Bertz CT molecular complexity index is 317. The van der Waals surface area contributed by atoms with E-state index in [-0.39, 0.29) is 17.3 Å². The van der Waals surface area contributed by atoms with Gasteiger partial charge in [-0.25, -0.2) is 4.39 Å². The Morgan fingerprint density at radius 2 is 2.08 bits per heavy atom. The smallest absolute Gasteiger partial charge is 0.147 e. The lowest BCUT2D eigenvalue weighted by molar-refractivity contribution is 0.626. The molecule has 5 heteroatoms. The first kappa shape index (κ1) is 10.2. The summed E-state index contributed by atoms with van der Waals surface area (Å²) in [5, 5.41) is 0.269. The van der Waals surface area contributed by atoms with Gasteiger partial charge < -0.3 is 17.2 Å². The molecular formula is C8H11ClFN3. The van der Waals surface area contributed by atoms with Crippen LogP contribution in [0, 0.1) is 5.82 Å². The summed E-state index contributed by atoms with van der Waals surface area (Å²) >= 11 is 5.63. The van der Waals surface area contributed by atoms with Gasteiger partial charge in [-0.2, -0.15) is 0 Å². The van der Waals surface area contributed by atoms with Crippen molar-refractivity contribution in [3.8, 4) is 0 Å². The van der Waals surface area contributed by atoms with Crippen molar-refractivity contribution in [2.45, 2.75) is 6.04 Å². The summed E-state index contributed by atoms with van der Waals surface area (Å²) < 4.78 is 13.0. The Hall–Kier alpha value is -0.840. The summed E-state index contributed by atoms with van der Waals surface area (Å²) in [6, 6.07) is 2.19. The van der Waals surface area contributed by atoms with Gasteiger partial charge in [0, 0.05) is 17.6 Å². The van der Waals surface area contributed by atoms with Gasteiger partial charge in [0.05, 0.1) is 5.69 Å². The molecule has 1 aromatic rings. The number of rotatable bonds is 2. The van der Waals surface area contributed by atoms with Crippen LogP contribution in [-0.4, -0.2) is 6.54 Å². The molecule has 0 heterocycles. The number of nitrogens with two attached hydrogens (primary N) is 3. The maximum absolute atomic E-state index is 13.0. The Labute approximate surface area is 80.6 Å². The van der Waals surface area contributed by atoms with Crippen molar-refractivity contribution in [2.75, 3.05) is 12.3 Å². The highest BCUT2D eigenvalue weighted by Gasteiger charge is 2.12. The molecule has 0 aliphatic rings. The molecular weight excluding hydrogens is 193 g/mol. The number of hydrogen-bond donors (Lipinski definition) is 3. The SMILES string of the molecule is NC[C@@H](N)c1cc(Cl)cc(F)c1N. The van der Waals surface area contributed by atoms with Crippen LogP contribution in [0.5, 0.6) is 0 Å². The zero-order chi connectivity index (χ0) is 10.0. The summed E-state index contributed by atoms with van der Waals surface area (Å²) in [4.78, 5) is 0. The van der Waals surface area contributed by atoms with Gasteiger partial charge >= 0.3 is 0 Å². The predicted octanol–water partition coefficient (Wildman–Crippen LogP) is 1.02. The molecule has 0 amide bonds. The maximum Gasteiger partial charge on any atom is 0.147 e. The average molecular weight is 204 g/mol. The fraction of sp³-hybridized carbons (Fsp3) is 0.250. The van der Waals surface area contributed by atoms with Gasteiger partial charge in [0.15, 0.2) is 0 Å². The molecule has 0 radical (unpaired) electrons. The van der Waals surface area contributed by atoms with Crippen LogP contribution in [0.4, 0.5) is 10.1 Å². The molecule has 72 valence electrons. The lowest BCUT2D eigenvalue weighted by Crippen LogP contribution is -2.22. The normalized spacial score (nSPS) is 12.9. The molecule has 3 nitrogen and oxygen atoms in total. The van der Waals surface area contributed by atoms with E-state index in [1.54, 1.807) is 0 Å². The first-order valence-corrected chi connectivity index (χ1v) is 4.14. The second-order valence-electron chi connectivity index (χ2n) is 2.73. The second kappa shape index (κ2) is 3.91. The molecule has 1 atom stereocenters. The Balaban J connectivity index is 3.20. The number of nitrogen functional groups attached to an aromatic ring is 1. The first-order valence-electron chi connectivity index (χ1n) is 3.76. The van der Waals surface area contributed by atoms with Gasteiger partial charge in [-0.15, -0.1) is 0 Å². The Kier molecular flexibility index (Phi) is 3.08. The van der Waals surface area contributed by atoms with Crippen molar-refractivity contribution >= 4 is 17.3 Å². The van der Waals surface area contributed by atoms with E-state index in [0.29, 0.717) is 5.56 Å². The molecule has 0 saturated heterocycles. The van der Waals surface area contributed by atoms with Gasteiger partial charge in [-0.05, 0) is 17.7 Å². The van der Waals surface area contributed by atoms with Crippen molar-refractivity contribution < 1.29 is 4.39 Å². The lowest BCUT2D eigenvalue weighted by Gasteiger charge is -2.12. The van der Waals surface area contributed by atoms with E-state index < -0.39 is 11.9 Å². The van der Waals surface area contributed by atoms with Crippen molar-refractivity contribution in [1.29, 1.82) is 0 Å². The van der Waals surface area contributed by atoms with Crippen LogP contribution in [-0.2, 0) is 0 Å². The molecule has 0 aliphatic heterocycles. The molecule has 6 N–H and O–H groups in total. The van der Waals surface area contributed by atoms with Crippen LogP contribution < -0.4 is 17.2 Å². The molecule has 13 heavy (non-hydrogen) atoms. The van der Waals surface area contributed by atoms with E-state index in [1.165, 1.54) is 6.07 Å².